The van der Waals surface area contributed by atoms with Crippen LogP contribution in [0, 0.1) is 5.82 Å². The predicted octanol–water partition coefficient (Wildman–Crippen LogP) is 2.58. The molecule has 0 bridgehead atoms. The van der Waals surface area contributed by atoms with Gasteiger partial charge in [0.1, 0.15) is 5.82 Å². The SMILES string of the molecule is CC(C(=O)N(C)Cc1cccc(F)c1)N(C)CC(=O)Nc1ccc(N2CCOCC2)cc1. The van der Waals surface area contributed by atoms with Gasteiger partial charge in [-0.1, -0.05) is 12.1 Å². The molecule has 32 heavy (non-hydrogen) atoms. The molecule has 8 heteroatoms. The van der Waals surface area contributed by atoms with Crippen LogP contribution in [0.2, 0.25) is 0 Å². The number of benzene rings is 2. The van der Waals surface area contributed by atoms with Crippen LogP contribution in [0.1, 0.15) is 12.5 Å². The van der Waals surface area contributed by atoms with Crippen molar-refractivity contribution in [2.75, 3.05) is 57.2 Å². The number of ether oxygens (including phenoxy) is 1. The molecule has 2 amide bonds. The highest BCUT2D eigenvalue weighted by atomic mass is 19.1. The molecule has 1 saturated heterocycles. The molecule has 3 rings (SSSR count). The monoisotopic (exact) mass is 442 g/mol. The zero-order valence-electron chi connectivity index (χ0n) is 18.9. The number of nitrogens with zero attached hydrogens (tertiary/aromatic N) is 3. The van der Waals surface area contributed by atoms with Crippen molar-refractivity contribution >= 4 is 23.2 Å². The first-order chi connectivity index (χ1) is 15.3. The molecule has 1 unspecified atom stereocenters. The lowest BCUT2D eigenvalue weighted by Gasteiger charge is -2.29. The van der Waals surface area contributed by atoms with Gasteiger partial charge in [0.05, 0.1) is 25.8 Å². The first-order valence-corrected chi connectivity index (χ1v) is 10.8. The van der Waals surface area contributed by atoms with E-state index in [4.69, 9.17) is 4.74 Å². The summed E-state index contributed by atoms with van der Waals surface area (Å²) in [4.78, 5) is 30.7. The summed E-state index contributed by atoms with van der Waals surface area (Å²) in [6.45, 7) is 5.29. The van der Waals surface area contributed by atoms with E-state index in [1.54, 1.807) is 38.1 Å². The number of rotatable bonds is 8. The first kappa shape index (κ1) is 23.7. The number of hydrogen-bond donors (Lipinski definition) is 1. The minimum Gasteiger partial charge on any atom is -0.378 e. The molecule has 0 aliphatic carbocycles. The summed E-state index contributed by atoms with van der Waals surface area (Å²) >= 11 is 0. The number of morpholine rings is 1. The second-order valence-corrected chi connectivity index (χ2v) is 8.11. The van der Waals surface area contributed by atoms with E-state index < -0.39 is 6.04 Å². The summed E-state index contributed by atoms with van der Waals surface area (Å²) in [5.41, 5.74) is 2.53. The molecule has 0 aromatic heterocycles. The lowest BCUT2D eigenvalue weighted by molar-refractivity contribution is -0.135. The van der Waals surface area contributed by atoms with Gasteiger partial charge in [0, 0.05) is 38.1 Å². The fourth-order valence-electron chi connectivity index (χ4n) is 3.64. The Labute approximate surface area is 188 Å². The average Bonchev–Trinajstić information content (AvgIpc) is 2.79. The van der Waals surface area contributed by atoms with Crippen LogP contribution in [-0.2, 0) is 20.9 Å². The van der Waals surface area contributed by atoms with E-state index in [0.717, 1.165) is 32.0 Å². The Balaban J connectivity index is 1.48. The standard InChI is InChI=1S/C24H31FN4O3/c1-18(24(31)28(3)16-19-5-4-6-20(25)15-19)27(2)17-23(30)26-21-7-9-22(10-8-21)29-11-13-32-14-12-29/h4-10,15,18H,11-14,16-17H2,1-3H3,(H,26,30). The van der Waals surface area contributed by atoms with Gasteiger partial charge in [-0.05, 0) is 55.9 Å². The van der Waals surface area contributed by atoms with Crippen LogP contribution in [0.15, 0.2) is 48.5 Å². The Hall–Kier alpha value is -2.97. The Morgan fingerprint density at radius 1 is 1.12 bits per heavy atom. The zero-order valence-corrected chi connectivity index (χ0v) is 18.9. The van der Waals surface area contributed by atoms with Crippen LogP contribution in [0.3, 0.4) is 0 Å². The highest BCUT2D eigenvalue weighted by Crippen LogP contribution is 2.19. The molecule has 1 atom stereocenters. The van der Waals surface area contributed by atoms with Crippen molar-refractivity contribution in [3.05, 3.63) is 59.9 Å². The molecule has 7 nitrogen and oxygen atoms in total. The van der Waals surface area contributed by atoms with Gasteiger partial charge >= 0.3 is 0 Å². The zero-order chi connectivity index (χ0) is 23.1. The summed E-state index contributed by atoms with van der Waals surface area (Å²) in [6, 6.07) is 13.4. The highest BCUT2D eigenvalue weighted by molar-refractivity contribution is 5.93. The number of amides is 2. The van der Waals surface area contributed by atoms with Crippen LogP contribution in [0.5, 0.6) is 0 Å². The minimum absolute atomic E-state index is 0.0753. The van der Waals surface area contributed by atoms with Crippen molar-refractivity contribution < 1.29 is 18.7 Å². The Morgan fingerprint density at radius 3 is 2.47 bits per heavy atom. The Bertz CT molecular complexity index is 916. The molecule has 1 aliphatic heterocycles. The van der Waals surface area contributed by atoms with Crippen LogP contribution in [0.25, 0.3) is 0 Å². The van der Waals surface area contributed by atoms with Gasteiger partial charge in [-0.3, -0.25) is 14.5 Å². The van der Waals surface area contributed by atoms with E-state index in [-0.39, 0.29) is 24.2 Å². The Kier molecular flexibility index (Phi) is 8.19. The number of hydrogen-bond acceptors (Lipinski definition) is 5. The maximum Gasteiger partial charge on any atom is 0.239 e. The molecule has 2 aromatic rings. The summed E-state index contributed by atoms with van der Waals surface area (Å²) < 4.78 is 18.8. The van der Waals surface area contributed by atoms with E-state index in [9.17, 15) is 14.0 Å². The maximum absolute atomic E-state index is 13.4. The number of carbonyl (C=O) groups excluding carboxylic acids is 2. The number of anilines is 2. The molecule has 2 aromatic carbocycles. The van der Waals surface area contributed by atoms with Crippen molar-refractivity contribution in [1.82, 2.24) is 9.80 Å². The second-order valence-electron chi connectivity index (χ2n) is 8.11. The third-order valence-corrected chi connectivity index (χ3v) is 5.62. The van der Waals surface area contributed by atoms with Crippen molar-refractivity contribution in [3.63, 3.8) is 0 Å². The van der Waals surface area contributed by atoms with Crippen molar-refractivity contribution in [3.8, 4) is 0 Å². The third kappa shape index (κ3) is 6.51. The average molecular weight is 443 g/mol. The van der Waals surface area contributed by atoms with Gasteiger partial charge in [-0.15, -0.1) is 0 Å². The van der Waals surface area contributed by atoms with E-state index in [1.807, 2.05) is 24.3 Å². The predicted molar refractivity (Wildman–Crippen MR) is 123 cm³/mol. The normalized spacial score (nSPS) is 14.8. The van der Waals surface area contributed by atoms with Crippen molar-refractivity contribution in [2.24, 2.45) is 0 Å². The van der Waals surface area contributed by atoms with Crippen LogP contribution in [-0.4, -0.2) is 74.6 Å². The van der Waals surface area contributed by atoms with Crippen LogP contribution < -0.4 is 10.2 Å². The van der Waals surface area contributed by atoms with E-state index >= 15 is 0 Å². The van der Waals surface area contributed by atoms with Gasteiger partial charge in [0.15, 0.2) is 0 Å². The van der Waals surface area contributed by atoms with E-state index in [2.05, 4.69) is 10.2 Å². The molecule has 0 radical (unpaired) electrons. The highest BCUT2D eigenvalue weighted by Gasteiger charge is 2.23. The number of halogens is 1. The molecule has 0 spiro atoms. The number of likely N-dealkylation sites (N-methyl/N-ethyl adjacent to an activating group) is 2. The molecule has 0 saturated carbocycles. The van der Waals surface area contributed by atoms with Gasteiger partial charge < -0.3 is 19.9 Å². The molecular weight excluding hydrogens is 411 g/mol. The summed E-state index contributed by atoms with van der Waals surface area (Å²) in [7, 11) is 3.41. The fraction of sp³-hybridized carbons (Fsp3) is 0.417. The lowest BCUT2D eigenvalue weighted by Crippen LogP contribution is -2.46. The minimum atomic E-state index is -0.497. The van der Waals surface area contributed by atoms with Crippen molar-refractivity contribution in [1.29, 1.82) is 0 Å². The molecule has 172 valence electrons. The van der Waals surface area contributed by atoms with E-state index in [1.165, 1.54) is 17.0 Å². The van der Waals surface area contributed by atoms with Crippen LogP contribution in [0.4, 0.5) is 15.8 Å². The Morgan fingerprint density at radius 2 is 1.81 bits per heavy atom. The molecule has 1 fully saturated rings. The summed E-state index contributed by atoms with van der Waals surface area (Å²) in [6.07, 6.45) is 0. The quantitative estimate of drug-likeness (QED) is 0.681. The number of nitrogens with one attached hydrogen (secondary N) is 1. The maximum atomic E-state index is 13.4. The fourth-order valence-corrected chi connectivity index (χ4v) is 3.64. The molecular formula is C24H31FN4O3. The van der Waals surface area contributed by atoms with Gasteiger partial charge in [0.25, 0.3) is 0 Å². The first-order valence-electron chi connectivity index (χ1n) is 10.8. The largest absolute Gasteiger partial charge is 0.378 e. The summed E-state index contributed by atoms with van der Waals surface area (Å²) in [5, 5.41) is 2.88. The van der Waals surface area contributed by atoms with Crippen LogP contribution >= 0.6 is 0 Å². The van der Waals surface area contributed by atoms with Gasteiger partial charge in [-0.2, -0.15) is 0 Å². The summed E-state index contributed by atoms with van der Waals surface area (Å²) in [5.74, 6) is -0.665. The third-order valence-electron chi connectivity index (χ3n) is 5.62. The second kappa shape index (κ2) is 11.1. The smallest absolute Gasteiger partial charge is 0.239 e. The molecule has 1 N–H and O–H groups in total. The van der Waals surface area contributed by atoms with E-state index in [0.29, 0.717) is 17.8 Å². The molecule has 1 aliphatic rings. The lowest BCUT2D eigenvalue weighted by atomic mass is 10.2. The van der Waals surface area contributed by atoms with Gasteiger partial charge in [0.2, 0.25) is 11.8 Å². The molecule has 1 heterocycles. The number of carbonyl (C=O) groups is 2. The topological polar surface area (TPSA) is 65.1 Å². The van der Waals surface area contributed by atoms with Crippen molar-refractivity contribution in [2.45, 2.75) is 19.5 Å². The van der Waals surface area contributed by atoms with Gasteiger partial charge in [-0.25, -0.2) is 4.39 Å².